The van der Waals surface area contributed by atoms with Crippen LogP contribution in [0, 0.1) is 5.92 Å². The lowest BCUT2D eigenvalue weighted by molar-refractivity contribution is -0.133. The molecular formula is C25H27N3O. The number of para-hydroxylation sites is 1. The summed E-state index contributed by atoms with van der Waals surface area (Å²) in [4.78, 5) is 21.9. The lowest BCUT2D eigenvalue weighted by Crippen LogP contribution is -2.39. The third-order valence-electron chi connectivity index (χ3n) is 6.53. The highest BCUT2D eigenvalue weighted by atomic mass is 16.2. The molecule has 4 nitrogen and oxygen atoms in total. The topological polar surface area (TPSA) is 36.4 Å². The fraction of sp³-hybridized carbons (Fsp3) is 0.360. The molecular weight excluding hydrogens is 358 g/mol. The van der Waals surface area contributed by atoms with Crippen LogP contribution < -0.4 is 4.90 Å². The van der Waals surface area contributed by atoms with E-state index in [2.05, 4.69) is 63.3 Å². The van der Waals surface area contributed by atoms with Crippen LogP contribution in [0.15, 0.2) is 60.8 Å². The fourth-order valence-electron chi connectivity index (χ4n) is 4.82. The first kappa shape index (κ1) is 18.2. The summed E-state index contributed by atoms with van der Waals surface area (Å²) in [6.07, 6.45) is 5.73. The van der Waals surface area contributed by atoms with Gasteiger partial charge in [0.2, 0.25) is 5.91 Å². The lowest BCUT2D eigenvalue weighted by atomic mass is 9.91. The molecule has 2 aromatic carbocycles. The van der Waals surface area contributed by atoms with Crippen LogP contribution in [0.4, 0.5) is 5.69 Å². The number of rotatable bonds is 3. The molecule has 148 valence electrons. The van der Waals surface area contributed by atoms with Gasteiger partial charge in [-0.3, -0.25) is 9.78 Å². The third-order valence-corrected chi connectivity index (χ3v) is 6.53. The smallest absolute Gasteiger partial charge is 0.223 e. The molecule has 3 heterocycles. The minimum atomic E-state index is 0.326. The lowest BCUT2D eigenvalue weighted by Gasteiger charge is -2.35. The average Bonchev–Trinajstić information content (AvgIpc) is 2.79. The number of anilines is 1. The summed E-state index contributed by atoms with van der Waals surface area (Å²) in [5.41, 5.74) is 5.03. The Morgan fingerprint density at radius 1 is 0.931 bits per heavy atom. The highest BCUT2D eigenvalue weighted by Crippen LogP contribution is 2.30. The van der Waals surface area contributed by atoms with E-state index in [1.54, 1.807) is 0 Å². The normalized spacial score (nSPS) is 17.4. The van der Waals surface area contributed by atoms with Crippen LogP contribution in [0.5, 0.6) is 0 Å². The Bertz CT molecular complexity index is 1020. The van der Waals surface area contributed by atoms with Gasteiger partial charge in [-0.1, -0.05) is 42.5 Å². The van der Waals surface area contributed by atoms with Gasteiger partial charge >= 0.3 is 0 Å². The van der Waals surface area contributed by atoms with E-state index >= 15 is 0 Å². The van der Waals surface area contributed by atoms with E-state index in [4.69, 9.17) is 0 Å². The minimum Gasteiger partial charge on any atom is -0.371 e. The number of benzene rings is 2. The second-order valence-electron chi connectivity index (χ2n) is 8.32. The molecule has 0 N–H and O–H groups in total. The van der Waals surface area contributed by atoms with E-state index in [-0.39, 0.29) is 0 Å². The van der Waals surface area contributed by atoms with E-state index in [0.717, 1.165) is 51.0 Å². The minimum absolute atomic E-state index is 0.326. The van der Waals surface area contributed by atoms with Crippen LogP contribution in [-0.2, 0) is 17.8 Å². The molecule has 3 aromatic rings. The third kappa shape index (κ3) is 3.71. The van der Waals surface area contributed by atoms with Crippen LogP contribution in [0.25, 0.3) is 10.9 Å². The maximum Gasteiger partial charge on any atom is 0.223 e. The first-order chi connectivity index (χ1) is 14.3. The second-order valence-corrected chi connectivity index (χ2v) is 8.32. The first-order valence-electron chi connectivity index (χ1n) is 10.7. The summed E-state index contributed by atoms with van der Waals surface area (Å²) in [5.74, 6) is 0.816. The van der Waals surface area contributed by atoms with Crippen molar-refractivity contribution in [3.05, 3.63) is 71.9 Å². The van der Waals surface area contributed by atoms with Crippen molar-refractivity contribution in [1.82, 2.24) is 9.88 Å². The molecule has 1 aromatic heterocycles. The van der Waals surface area contributed by atoms with Crippen molar-refractivity contribution >= 4 is 22.5 Å². The number of aromatic nitrogens is 1. The van der Waals surface area contributed by atoms with Crippen LogP contribution in [-0.4, -0.2) is 35.4 Å². The van der Waals surface area contributed by atoms with Crippen molar-refractivity contribution in [2.75, 3.05) is 24.5 Å². The molecule has 4 heteroatoms. The van der Waals surface area contributed by atoms with Crippen molar-refractivity contribution in [1.29, 1.82) is 0 Å². The number of piperidine rings is 1. The zero-order valence-corrected chi connectivity index (χ0v) is 16.8. The van der Waals surface area contributed by atoms with Gasteiger partial charge in [-0.2, -0.15) is 0 Å². The van der Waals surface area contributed by atoms with E-state index in [9.17, 15) is 4.79 Å². The van der Waals surface area contributed by atoms with Gasteiger partial charge in [0.05, 0.1) is 5.52 Å². The highest BCUT2D eigenvalue weighted by molar-refractivity contribution is 5.91. The Morgan fingerprint density at radius 3 is 2.55 bits per heavy atom. The summed E-state index contributed by atoms with van der Waals surface area (Å²) < 4.78 is 0. The number of amides is 1. The molecule has 0 atom stereocenters. The number of fused-ring (bicyclic) bond motifs is 2. The molecule has 0 aliphatic carbocycles. The maximum atomic E-state index is 12.9. The molecule has 1 fully saturated rings. The van der Waals surface area contributed by atoms with E-state index in [1.807, 2.05) is 12.3 Å². The monoisotopic (exact) mass is 385 g/mol. The van der Waals surface area contributed by atoms with Gasteiger partial charge in [-0.25, -0.2) is 0 Å². The van der Waals surface area contributed by atoms with Gasteiger partial charge in [0.15, 0.2) is 0 Å². The SMILES string of the molecule is O=C(CC1CCN(c2ccnc3ccccc23)CC1)N1CCc2ccccc2C1. The predicted molar refractivity (Wildman–Crippen MR) is 117 cm³/mol. The molecule has 29 heavy (non-hydrogen) atoms. The first-order valence-corrected chi connectivity index (χ1v) is 10.7. The van der Waals surface area contributed by atoms with Gasteiger partial charge in [0, 0.05) is 49.9 Å². The van der Waals surface area contributed by atoms with Crippen molar-refractivity contribution < 1.29 is 4.79 Å². The Kier molecular flexibility index (Phi) is 4.92. The zero-order valence-electron chi connectivity index (χ0n) is 16.8. The van der Waals surface area contributed by atoms with Crippen molar-refractivity contribution in [2.45, 2.75) is 32.2 Å². The summed E-state index contributed by atoms with van der Waals surface area (Å²) in [6.45, 7) is 3.65. The van der Waals surface area contributed by atoms with Crippen LogP contribution in [0.1, 0.15) is 30.4 Å². The molecule has 2 aliphatic heterocycles. The van der Waals surface area contributed by atoms with Gasteiger partial charge in [0.1, 0.15) is 0 Å². The number of nitrogens with zero attached hydrogens (tertiary/aromatic N) is 3. The molecule has 0 unspecified atom stereocenters. The number of pyridine rings is 1. The van der Waals surface area contributed by atoms with Gasteiger partial charge < -0.3 is 9.80 Å². The largest absolute Gasteiger partial charge is 0.371 e. The maximum absolute atomic E-state index is 12.9. The van der Waals surface area contributed by atoms with Crippen molar-refractivity contribution in [2.24, 2.45) is 5.92 Å². The van der Waals surface area contributed by atoms with Crippen molar-refractivity contribution in [3.8, 4) is 0 Å². The average molecular weight is 386 g/mol. The molecule has 1 saturated heterocycles. The van der Waals surface area contributed by atoms with Crippen LogP contribution in [0.3, 0.4) is 0 Å². The highest BCUT2D eigenvalue weighted by Gasteiger charge is 2.26. The van der Waals surface area contributed by atoms with Crippen LogP contribution in [0.2, 0.25) is 0 Å². The Morgan fingerprint density at radius 2 is 1.69 bits per heavy atom. The zero-order chi connectivity index (χ0) is 19.6. The Hall–Kier alpha value is -2.88. The molecule has 5 rings (SSSR count). The molecule has 1 amide bonds. The van der Waals surface area contributed by atoms with E-state index < -0.39 is 0 Å². The number of hydrogen-bond donors (Lipinski definition) is 0. The quantitative estimate of drug-likeness (QED) is 0.669. The Balaban J connectivity index is 1.20. The van der Waals surface area contributed by atoms with E-state index in [0.29, 0.717) is 18.2 Å². The van der Waals surface area contributed by atoms with Crippen molar-refractivity contribution in [3.63, 3.8) is 0 Å². The number of carbonyl (C=O) groups is 1. The van der Waals surface area contributed by atoms with Crippen LogP contribution >= 0.6 is 0 Å². The molecule has 0 radical (unpaired) electrons. The van der Waals surface area contributed by atoms with Gasteiger partial charge in [-0.05, 0) is 48.4 Å². The number of hydrogen-bond acceptors (Lipinski definition) is 3. The van der Waals surface area contributed by atoms with Gasteiger partial charge in [-0.15, -0.1) is 0 Å². The summed E-state index contributed by atoms with van der Waals surface area (Å²) >= 11 is 0. The summed E-state index contributed by atoms with van der Waals surface area (Å²) in [7, 11) is 0. The predicted octanol–water partition coefficient (Wildman–Crippen LogP) is 4.43. The van der Waals surface area contributed by atoms with Gasteiger partial charge in [0.25, 0.3) is 0 Å². The fourth-order valence-corrected chi connectivity index (χ4v) is 4.82. The molecule has 2 aliphatic rings. The van der Waals surface area contributed by atoms with E-state index in [1.165, 1.54) is 22.2 Å². The second kappa shape index (κ2) is 7.86. The standard InChI is InChI=1S/C25H27N3O/c29-25(28-16-12-20-5-1-2-6-21(20)18-28)17-19-10-14-27(15-11-19)24-9-13-26-23-8-4-3-7-22(23)24/h1-9,13,19H,10-12,14-18H2. The Labute approximate surface area is 172 Å². The molecule has 0 saturated carbocycles. The summed E-state index contributed by atoms with van der Waals surface area (Å²) in [6, 6.07) is 19.0. The molecule has 0 bridgehead atoms. The summed E-state index contributed by atoms with van der Waals surface area (Å²) in [5, 5.41) is 1.22. The molecule has 0 spiro atoms. The number of carbonyl (C=O) groups excluding carboxylic acids is 1.